The average Bonchev–Trinajstić information content (AvgIpc) is 2.95. The number of imidazole rings is 1. The number of aromatic nitrogens is 3. The van der Waals surface area contributed by atoms with Gasteiger partial charge >= 0.3 is 6.03 Å². The predicted molar refractivity (Wildman–Crippen MR) is 87.9 cm³/mol. The molecule has 2 aromatic rings. The summed E-state index contributed by atoms with van der Waals surface area (Å²) in [5.74, 6) is 0.796. The Labute approximate surface area is 134 Å². The van der Waals surface area contributed by atoms with Crippen molar-refractivity contribution in [2.45, 2.75) is 11.6 Å². The Bertz CT molecular complexity index is 587. The van der Waals surface area contributed by atoms with Crippen LogP contribution in [0.5, 0.6) is 0 Å². The van der Waals surface area contributed by atoms with Gasteiger partial charge in [-0.15, -0.1) is 0 Å². The zero-order valence-corrected chi connectivity index (χ0v) is 13.7. The number of thioether (sulfide) groups is 1. The van der Waals surface area contributed by atoms with Gasteiger partial charge in [0.1, 0.15) is 0 Å². The molecule has 2 aromatic heterocycles. The highest BCUT2D eigenvalue weighted by molar-refractivity contribution is 7.99. The summed E-state index contributed by atoms with van der Waals surface area (Å²) in [6.45, 7) is 1.26. The Morgan fingerprint density at radius 1 is 1.36 bits per heavy atom. The van der Waals surface area contributed by atoms with Gasteiger partial charge in [-0.2, -0.15) is 0 Å². The van der Waals surface area contributed by atoms with Gasteiger partial charge in [0.05, 0.1) is 0 Å². The van der Waals surface area contributed by atoms with Crippen LogP contribution in [0.25, 0.3) is 0 Å². The summed E-state index contributed by atoms with van der Waals surface area (Å²) >= 11 is 1.63. The number of likely N-dealkylation sites (N-methyl/N-ethyl adjacent to an activating group) is 1. The first kappa shape index (κ1) is 16.4. The fraction of sp³-hybridized carbons (Fsp3) is 0.400. The van der Waals surface area contributed by atoms with E-state index < -0.39 is 0 Å². The van der Waals surface area contributed by atoms with Crippen molar-refractivity contribution in [3.8, 4) is 0 Å². The number of aryl methyl sites for hydroxylation is 1. The largest absolute Gasteiger partial charge is 0.337 e. The highest BCUT2D eigenvalue weighted by atomic mass is 32.2. The van der Waals surface area contributed by atoms with Crippen LogP contribution in [0, 0.1) is 0 Å². The Morgan fingerprint density at radius 3 is 2.91 bits per heavy atom. The van der Waals surface area contributed by atoms with E-state index in [1.807, 2.05) is 36.0 Å². The van der Waals surface area contributed by atoms with Crippen LogP contribution < -0.4 is 5.32 Å². The number of nitrogens with zero attached hydrogens (tertiary/aromatic N) is 4. The maximum atomic E-state index is 12.0. The number of amides is 2. The molecule has 0 aliphatic heterocycles. The van der Waals surface area contributed by atoms with Gasteiger partial charge in [0.15, 0.2) is 5.16 Å². The number of pyridine rings is 1. The van der Waals surface area contributed by atoms with Crippen molar-refractivity contribution < 1.29 is 4.79 Å². The van der Waals surface area contributed by atoms with E-state index in [9.17, 15) is 4.79 Å². The summed E-state index contributed by atoms with van der Waals surface area (Å²) in [6.07, 6.45) is 6.20. The molecule has 2 amide bonds. The Kier molecular flexibility index (Phi) is 6.27. The van der Waals surface area contributed by atoms with Crippen LogP contribution in [0.15, 0.2) is 41.9 Å². The molecule has 0 atom stereocenters. The Hall–Kier alpha value is -2.02. The van der Waals surface area contributed by atoms with Crippen LogP contribution in [0.2, 0.25) is 0 Å². The summed E-state index contributed by atoms with van der Waals surface area (Å²) in [7, 11) is 3.75. The minimum absolute atomic E-state index is 0.0589. The number of nitrogens with one attached hydrogen (secondary N) is 1. The average molecular weight is 319 g/mol. The molecule has 0 bridgehead atoms. The van der Waals surface area contributed by atoms with Crippen molar-refractivity contribution in [3.05, 3.63) is 42.5 Å². The van der Waals surface area contributed by atoms with Gasteiger partial charge in [0.2, 0.25) is 0 Å². The molecule has 7 heteroatoms. The summed E-state index contributed by atoms with van der Waals surface area (Å²) in [5.41, 5.74) is 0.993. The van der Waals surface area contributed by atoms with Crippen LogP contribution >= 0.6 is 11.8 Å². The molecule has 0 unspecified atom stereocenters. The lowest BCUT2D eigenvalue weighted by molar-refractivity contribution is 0.210. The molecule has 0 radical (unpaired) electrons. The quantitative estimate of drug-likeness (QED) is 0.624. The number of hydrogen-bond acceptors (Lipinski definition) is 4. The highest BCUT2D eigenvalue weighted by Gasteiger charge is 2.08. The third-order valence-corrected chi connectivity index (χ3v) is 4.22. The second-order valence-corrected chi connectivity index (χ2v) is 5.96. The number of hydrogen-bond donors (Lipinski definition) is 1. The van der Waals surface area contributed by atoms with Gasteiger partial charge in [-0.1, -0.05) is 17.8 Å². The lowest BCUT2D eigenvalue weighted by Gasteiger charge is -2.17. The minimum atomic E-state index is -0.0589. The summed E-state index contributed by atoms with van der Waals surface area (Å²) < 4.78 is 1.96. The van der Waals surface area contributed by atoms with Crippen molar-refractivity contribution in [2.24, 2.45) is 7.05 Å². The van der Waals surface area contributed by atoms with Crippen LogP contribution in [-0.4, -0.2) is 51.4 Å². The molecule has 0 saturated heterocycles. The Balaban J connectivity index is 1.63. The highest BCUT2D eigenvalue weighted by Crippen LogP contribution is 2.12. The molecule has 0 spiro atoms. The number of carbonyl (C=O) groups excluding carboxylic acids is 1. The first-order valence-corrected chi connectivity index (χ1v) is 8.14. The molecule has 0 saturated carbocycles. The number of carbonyl (C=O) groups is 1. The van der Waals surface area contributed by atoms with E-state index in [4.69, 9.17) is 0 Å². The smallest absolute Gasteiger partial charge is 0.317 e. The van der Waals surface area contributed by atoms with Crippen molar-refractivity contribution in [2.75, 3.05) is 25.9 Å². The lowest BCUT2D eigenvalue weighted by Crippen LogP contribution is -2.39. The molecule has 0 fully saturated rings. The van der Waals surface area contributed by atoms with E-state index in [1.165, 1.54) is 0 Å². The predicted octanol–water partition coefficient (Wildman–Crippen LogP) is 1.79. The zero-order chi connectivity index (χ0) is 15.8. The molecule has 2 rings (SSSR count). The number of rotatable bonds is 7. The summed E-state index contributed by atoms with van der Waals surface area (Å²) in [6, 6.07) is 5.75. The van der Waals surface area contributed by atoms with E-state index in [2.05, 4.69) is 15.3 Å². The van der Waals surface area contributed by atoms with Crippen molar-refractivity contribution in [3.63, 3.8) is 0 Å². The zero-order valence-electron chi connectivity index (χ0n) is 12.9. The fourth-order valence-corrected chi connectivity index (χ4v) is 2.64. The van der Waals surface area contributed by atoms with E-state index in [1.54, 1.807) is 36.1 Å². The molecule has 6 nitrogen and oxygen atoms in total. The maximum Gasteiger partial charge on any atom is 0.317 e. The summed E-state index contributed by atoms with van der Waals surface area (Å²) in [5, 5.41) is 3.87. The molecular formula is C15H21N5OS. The monoisotopic (exact) mass is 319 g/mol. The van der Waals surface area contributed by atoms with Crippen LogP contribution in [0.3, 0.4) is 0 Å². The normalized spacial score (nSPS) is 10.5. The third kappa shape index (κ3) is 5.07. The van der Waals surface area contributed by atoms with Gasteiger partial charge in [-0.3, -0.25) is 4.98 Å². The van der Waals surface area contributed by atoms with Crippen molar-refractivity contribution >= 4 is 17.8 Å². The molecule has 118 valence electrons. The molecule has 2 heterocycles. The van der Waals surface area contributed by atoms with Gasteiger partial charge in [0.25, 0.3) is 0 Å². The first-order valence-electron chi connectivity index (χ1n) is 7.16. The minimum Gasteiger partial charge on any atom is -0.337 e. The second-order valence-electron chi connectivity index (χ2n) is 4.89. The third-order valence-electron chi connectivity index (χ3n) is 3.16. The van der Waals surface area contributed by atoms with Gasteiger partial charge in [-0.05, 0) is 12.1 Å². The Morgan fingerprint density at radius 2 is 2.23 bits per heavy atom. The molecule has 1 N–H and O–H groups in total. The van der Waals surface area contributed by atoms with Gasteiger partial charge in [-0.25, -0.2) is 9.78 Å². The van der Waals surface area contributed by atoms with E-state index in [0.29, 0.717) is 13.1 Å². The fourth-order valence-electron chi connectivity index (χ4n) is 1.86. The maximum absolute atomic E-state index is 12.0. The van der Waals surface area contributed by atoms with E-state index in [-0.39, 0.29) is 6.03 Å². The summed E-state index contributed by atoms with van der Waals surface area (Å²) in [4.78, 5) is 22.1. The second kappa shape index (κ2) is 8.43. The molecule has 0 aliphatic rings. The van der Waals surface area contributed by atoms with Crippen molar-refractivity contribution in [1.29, 1.82) is 0 Å². The topological polar surface area (TPSA) is 63.1 Å². The first-order chi connectivity index (χ1) is 10.7. The molecule has 22 heavy (non-hydrogen) atoms. The standard InChI is InChI=1S/C15H21N5OS/c1-19(10-6-13-5-3-4-7-16-13)14(21)17-9-12-22-15-18-8-11-20(15)2/h3-5,7-8,11H,6,9-10,12H2,1-2H3,(H,17,21). The van der Waals surface area contributed by atoms with Gasteiger partial charge < -0.3 is 14.8 Å². The number of urea groups is 1. The van der Waals surface area contributed by atoms with Crippen LogP contribution in [-0.2, 0) is 13.5 Å². The van der Waals surface area contributed by atoms with E-state index in [0.717, 1.165) is 23.0 Å². The van der Waals surface area contributed by atoms with E-state index >= 15 is 0 Å². The molecule has 0 aliphatic carbocycles. The van der Waals surface area contributed by atoms with Gasteiger partial charge in [0, 0.05) is 63.6 Å². The van der Waals surface area contributed by atoms with Crippen LogP contribution in [0.1, 0.15) is 5.69 Å². The molecular weight excluding hydrogens is 298 g/mol. The SMILES string of the molecule is CN(CCc1ccccn1)C(=O)NCCSc1nccn1C. The van der Waals surface area contributed by atoms with Crippen LogP contribution in [0.4, 0.5) is 4.79 Å². The molecule has 0 aromatic carbocycles. The lowest BCUT2D eigenvalue weighted by atomic mass is 10.2. The van der Waals surface area contributed by atoms with Crippen molar-refractivity contribution in [1.82, 2.24) is 24.8 Å².